The Labute approximate surface area is 184 Å². The van der Waals surface area contributed by atoms with Gasteiger partial charge in [0.15, 0.2) is 5.11 Å². The Bertz CT molecular complexity index is 998. The number of pyridine rings is 1. The first-order chi connectivity index (χ1) is 14.5. The molecule has 0 bridgehead atoms. The molecule has 0 spiro atoms. The van der Waals surface area contributed by atoms with E-state index in [1.54, 1.807) is 0 Å². The first kappa shape index (κ1) is 20.6. The predicted molar refractivity (Wildman–Crippen MR) is 126 cm³/mol. The van der Waals surface area contributed by atoms with Crippen LogP contribution in [0.1, 0.15) is 35.5 Å². The molecule has 0 unspecified atom stereocenters. The van der Waals surface area contributed by atoms with Crippen LogP contribution in [-0.4, -0.2) is 51.6 Å². The standard InChI is InChI=1S/C24H29N5S/c1-18-9-6-10-19(17-18)28-15-7-12-21(28)23-22(20-11-4-5-13-25-20)26-24(30)29(23)16-8-14-27(2)3/h4-7,9-13,15,17,22-23H,8,14,16H2,1-3H3,(H,26,30)/t22-,23+/m0/s1. The maximum absolute atomic E-state index is 5.79. The molecule has 1 aromatic carbocycles. The molecule has 30 heavy (non-hydrogen) atoms. The van der Waals surface area contributed by atoms with Crippen LogP contribution in [0, 0.1) is 6.92 Å². The first-order valence-corrected chi connectivity index (χ1v) is 10.8. The Morgan fingerprint density at radius 3 is 2.70 bits per heavy atom. The Morgan fingerprint density at radius 2 is 1.97 bits per heavy atom. The molecule has 3 heterocycles. The first-order valence-electron chi connectivity index (χ1n) is 10.4. The number of thiocarbonyl (C=S) groups is 1. The summed E-state index contributed by atoms with van der Waals surface area (Å²) in [6.07, 6.45) is 5.04. The second-order valence-electron chi connectivity index (χ2n) is 8.12. The fourth-order valence-corrected chi connectivity index (χ4v) is 4.51. The van der Waals surface area contributed by atoms with Crippen LogP contribution < -0.4 is 5.32 Å². The van der Waals surface area contributed by atoms with Gasteiger partial charge in [0, 0.05) is 30.3 Å². The highest BCUT2D eigenvalue weighted by Gasteiger charge is 2.40. The van der Waals surface area contributed by atoms with Crippen molar-refractivity contribution in [2.24, 2.45) is 0 Å². The van der Waals surface area contributed by atoms with Crippen molar-refractivity contribution in [3.8, 4) is 5.69 Å². The molecule has 1 aliphatic rings. The minimum atomic E-state index is 0.0107. The highest BCUT2D eigenvalue weighted by molar-refractivity contribution is 7.80. The summed E-state index contributed by atoms with van der Waals surface area (Å²) in [4.78, 5) is 9.20. The molecule has 4 rings (SSSR count). The molecule has 1 aliphatic heterocycles. The number of aromatic nitrogens is 2. The third-order valence-electron chi connectivity index (χ3n) is 5.57. The minimum absolute atomic E-state index is 0.0107. The molecule has 5 nitrogen and oxygen atoms in total. The fourth-order valence-electron chi connectivity index (χ4n) is 4.17. The third-order valence-corrected chi connectivity index (χ3v) is 5.92. The monoisotopic (exact) mass is 419 g/mol. The van der Waals surface area contributed by atoms with Crippen molar-refractivity contribution in [1.29, 1.82) is 0 Å². The number of hydrogen-bond donors (Lipinski definition) is 1. The third kappa shape index (κ3) is 4.25. The summed E-state index contributed by atoms with van der Waals surface area (Å²) < 4.78 is 2.28. The van der Waals surface area contributed by atoms with Crippen LogP contribution in [0.25, 0.3) is 5.69 Å². The van der Waals surface area contributed by atoms with Gasteiger partial charge in [-0.25, -0.2) is 0 Å². The lowest BCUT2D eigenvalue weighted by atomic mass is 10.0. The van der Waals surface area contributed by atoms with E-state index in [0.29, 0.717) is 0 Å². The molecule has 0 saturated carbocycles. The van der Waals surface area contributed by atoms with Gasteiger partial charge in [0.05, 0.1) is 17.8 Å². The summed E-state index contributed by atoms with van der Waals surface area (Å²) in [6.45, 7) is 4.05. The number of nitrogens with one attached hydrogen (secondary N) is 1. The Kier molecular flexibility index (Phi) is 6.16. The zero-order valence-electron chi connectivity index (χ0n) is 17.8. The van der Waals surface area contributed by atoms with Crippen LogP contribution in [0.15, 0.2) is 67.0 Å². The summed E-state index contributed by atoms with van der Waals surface area (Å²) in [5, 5.41) is 4.35. The summed E-state index contributed by atoms with van der Waals surface area (Å²) >= 11 is 5.79. The van der Waals surface area contributed by atoms with Crippen LogP contribution in [0.4, 0.5) is 0 Å². The number of benzene rings is 1. The second kappa shape index (κ2) is 8.98. The zero-order chi connectivity index (χ0) is 21.1. The molecule has 0 amide bonds. The molecule has 0 radical (unpaired) electrons. The molecule has 0 aliphatic carbocycles. The van der Waals surface area contributed by atoms with Crippen LogP contribution in [0.2, 0.25) is 0 Å². The molecule has 1 saturated heterocycles. The Balaban J connectivity index is 1.74. The lowest BCUT2D eigenvalue weighted by Crippen LogP contribution is -2.33. The van der Waals surface area contributed by atoms with Crippen molar-refractivity contribution in [2.75, 3.05) is 27.2 Å². The Hall–Kier alpha value is -2.70. The van der Waals surface area contributed by atoms with Gasteiger partial charge in [0.25, 0.3) is 0 Å². The quantitative estimate of drug-likeness (QED) is 0.584. The molecule has 2 atom stereocenters. The van der Waals surface area contributed by atoms with E-state index >= 15 is 0 Å². The zero-order valence-corrected chi connectivity index (χ0v) is 18.6. The van der Waals surface area contributed by atoms with Gasteiger partial charge in [-0.15, -0.1) is 0 Å². The number of hydrogen-bond acceptors (Lipinski definition) is 3. The van der Waals surface area contributed by atoms with Crippen LogP contribution >= 0.6 is 12.2 Å². The van der Waals surface area contributed by atoms with Crippen molar-refractivity contribution >= 4 is 17.3 Å². The molecular formula is C24H29N5S. The van der Waals surface area contributed by atoms with Gasteiger partial charge in [-0.2, -0.15) is 0 Å². The minimum Gasteiger partial charge on any atom is -0.352 e. The molecule has 2 aromatic heterocycles. The molecule has 156 valence electrons. The van der Waals surface area contributed by atoms with E-state index in [9.17, 15) is 0 Å². The molecule has 1 N–H and O–H groups in total. The topological polar surface area (TPSA) is 36.3 Å². The fraction of sp³-hybridized carbons (Fsp3) is 0.333. The summed E-state index contributed by atoms with van der Waals surface area (Å²) in [7, 11) is 4.22. The highest BCUT2D eigenvalue weighted by Crippen LogP contribution is 2.39. The number of aryl methyl sites for hydroxylation is 1. The smallest absolute Gasteiger partial charge is 0.170 e. The van der Waals surface area contributed by atoms with Gasteiger partial charge in [0.2, 0.25) is 0 Å². The van der Waals surface area contributed by atoms with Gasteiger partial charge in [0.1, 0.15) is 0 Å². The van der Waals surface area contributed by atoms with Crippen LogP contribution in [0.5, 0.6) is 0 Å². The van der Waals surface area contributed by atoms with E-state index in [2.05, 4.69) is 94.3 Å². The predicted octanol–water partition coefficient (Wildman–Crippen LogP) is 4.10. The highest BCUT2D eigenvalue weighted by atomic mass is 32.1. The van der Waals surface area contributed by atoms with Gasteiger partial charge in [-0.05, 0) is 88.2 Å². The summed E-state index contributed by atoms with van der Waals surface area (Å²) in [6, 6.07) is 19.1. The molecule has 6 heteroatoms. The van der Waals surface area contributed by atoms with Crippen molar-refractivity contribution in [2.45, 2.75) is 25.4 Å². The van der Waals surface area contributed by atoms with E-state index < -0.39 is 0 Å². The van der Waals surface area contributed by atoms with Gasteiger partial charge in [-0.1, -0.05) is 18.2 Å². The normalized spacial score (nSPS) is 18.8. The summed E-state index contributed by atoms with van der Waals surface area (Å²) in [5.74, 6) is 0. The van der Waals surface area contributed by atoms with E-state index in [1.807, 2.05) is 18.3 Å². The maximum atomic E-state index is 5.79. The Morgan fingerprint density at radius 1 is 1.10 bits per heavy atom. The molecule has 3 aromatic rings. The SMILES string of the molecule is Cc1cccc(-n2cccc2[C@@H]2[C@H](c3ccccn3)NC(=S)N2CCCN(C)C)c1. The maximum Gasteiger partial charge on any atom is 0.170 e. The second-order valence-corrected chi connectivity index (χ2v) is 8.51. The van der Waals surface area contributed by atoms with Crippen molar-refractivity contribution < 1.29 is 0 Å². The van der Waals surface area contributed by atoms with Crippen molar-refractivity contribution in [1.82, 2.24) is 24.7 Å². The van der Waals surface area contributed by atoms with Gasteiger partial charge < -0.3 is 19.7 Å². The van der Waals surface area contributed by atoms with Crippen molar-refractivity contribution in [3.63, 3.8) is 0 Å². The van der Waals surface area contributed by atoms with E-state index in [4.69, 9.17) is 12.2 Å². The largest absolute Gasteiger partial charge is 0.352 e. The van der Waals surface area contributed by atoms with Gasteiger partial charge in [-0.3, -0.25) is 4.98 Å². The number of rotatable bonds is 7. The van der Waals surface area contributed by atoms with E-state index in [-0.39, 0.29) is 12.1 Å². The molecular weight excluding hydrogens is 390 g/mol. The van der Waals surface area contributed by atoms with Crippen molar-refractivity contribution in [3.05, 3.63) is 83.9 Å². The summed E-state index contributed by atoms with van der Waals surface area (Å²) in [5.41, 5.74) is 4.64. The average molecular weight is 420 g/mol. The molecule has 1 fully saturated rings. The lowest BCUT2D eigenvalue weighted by molar-refractivity contribution is 0.286. The lowest BCUT2D eigenvalue weighted by Gasteiger charge is -2.29. The van der Waals surface area contributed by atoms with E-state index in [0.717, 1.165) is 30.3 Å². The average Bonchev–Trinajstić information content (AvgIpc) is 3.33. The van der Waals surface area contributed by atoms with Crippen LogP contribution in [-0.2, 0) is 0 Å². The van der Waals surface area contributed by atoms with E-state index in [1.165, 1.54) is 16.9 Å². The van der Waals surface area contributed by atoms with Crippen LogP contribution in [0.3, 0.4) is 0 Å². The number of nitrogens with zero attached hydrogens (tertiary/aromatic N) is 4. The van der Waals surface area contributed by atoms with Gasteiger partial charge >= 0.3 is 0 Å².